The molecule has 0 amide bonds. The van der Waals surface area contributed by atoms with Gasteiger partial charge in [-0.3, -0.25) is 4.79 Å². The molecule has 1 N–H and O–H groups in total. The Morgan fingerprint density at radius 3 is 2.74 bits per heavy atom. The normalized spacial score (nSPS) is 22.0. The molecule has 2 aromatic rings. The van der Waals surface area contributed by atoms with Crippen molar-refractivity contribution >= 4 is 17.6 Å². The predicted molar refractivity (Wildman–Crippen MR) is 104 cm³/mol. The van der Waals surface area contributed by atoms with E-state index in [-0.39, 0.29) is 17.9 Å². The maximum atomic E-state index is 10.8. The Labute approximate surface area is 164 Å². The zero-order valence-corrected chi connectivity index (χ0v) is 16.3. The second-order valence-corrected chi connectivity index (χ2v) is 8.59. The van der Waals surface area contributed by atoms with Crippen molar-refractivity contribution in [1.29, 1.82) is 0 Å². The largest absolute Gasteiger partial charge is 0.489 e. The van der Waals surface area contributed by atoms with E-state index in [0.717, 1.165) is 35.5 Å². The number of benzene rings is 2. The molecule has 1 heterocycles. The second-order valence-electron chi connectivity index (χ2n) is 8.15. The van der Waals surface area contributed by atoms with Crippen LogP contribution in [0, 0.1) is 5.92 Å². The smallest absolute Gasteiger partial charge is 0.303 e. The van der Waals surface area contributed by atoms with Crippen molar-refractivity contribution in [3.05, 3.63) is 58.1 Å². The van der Waals surface area contributed by atoms with E-state index in [1.165, 1.54) is 5.56 Å². The highest BCUT2D eigenvalue weighted by molar-refractivity contribution is 6.30. The number of carboxylic acids is 1. The lowest BCUT2D eigenvalue weighted by molar-refractivity contribution is -0.137. The maximum absolute atomic E-state index is 10.8. The molecule has 0 spiro atoms. The third-order valence-electron chi connectivity index (χ3n) is 5.26. The molecule has 0 aromatic heterocycles. The fourth-order valence-corrected chi connectivity index (χ4v) is 4.19. The number of carboxylic acid groups (broad SMARTS) is 1. The molecular weight excluding hydrogens is 364 g/mol. The fourth-order valence-electron chi connectivity index (χ4n) is 3.93. The van der Waals surface area contributed by atoms with Crippen molar-refractivity contribution in [2.24, 2.45) is 5.92 Å². The maximum Gasteiger partial charge on any atom is 0.303 e. The lowest BCUT2D eigenvalue weighted by atomic mass is 10.0. The summed E-state index contributed by atoms with van der Waals surface area (Å²) in [4.78, 5) is 10.8. The molecule has 1 aliphatic carbocycles. The number of halogens is 1. The molecule has 1 aliphatic heterocycles. The Morgan fingerprint density at radius 1 is 1.30 bits per heavy atom. The minimum atomic E-state index is -0.720. The van der Waals surface area contributed by atoms with Crippen LogP contribution < -0.4 is 9.47 Å². The van der Waals surface area contributed by atoms with Gasteiger partial charge in [0.05, 0.1) is 0 Å². The molecule has 2 aliphatic rings. The Bertz CT molecular complexity index is 873. The van der Waals surface area contributed by atoms with Crippen molar-refractivity contribution in [2.45, 2.75) is 51.2 Å². The molecule has 2 aromatic carbocycles. The SMILES string of the molecule is CC1(C)Cc2cc(Cl)cc(COc3ccc(C4CC4CC(=O)O)cc3)c2O1. The van der Waals surface area contributed by atoms with Crippen LogP contribution in [-0.4, -0.2) is 16.7 Å². The number of hydrogen-bond acceptors (Lipinski definition) is 3. The first-order valence-corrected chi connectivity index (χ1v) is 9.63. The van der Waals surface area contributed by atoms with Crippen molar-refractivity contribution in [2.75, 3.05) is 0 Å². The van der Waals surface area contributed by atoms with E-state index in [1.807, 2.05) is 36.4 Å². The lowest BCUT2D eigenvalue weighted by Gasteiger charge is -2.18. The van der Waals surface area contributed by atoms with Gasteiger partial charge in [-0.15, -0.1) is 0 Å². The monoisotopic (exact) mass is 386 g/mol. The molecule has 2 unspecified atom stereocenters. The van der Waals surface area contributed by atoms with E-state index in [0.29, 0.717) is 17.5 Å². The van der Waals surface area contributed by atoms with Crippen LogP contribution in [-0.2, 0) is 17.8 Å². The molecule has 5 heteroatoms. The first kappa shape index (κ1) is 18.2. The molecule has 0 bridgehead atoms. The predicted octanol–water partition coefficient (Wildman–Crippen LogP) is 5.21. The van der Waals surface area contributed by atoms with Crippen LogP contribution in [0.2, 0.25) is 5.02 Å². The molecule has 27 heavy (non-hydrogen) atoms. The summed E-state index contributed by atoms with van der Waals surface area (Å²) in [5.41, 5.74) is 3.04. The first-order valence-electron chi connectivity index (χ1n) is 9.25. The number of hydrogen-bond donors (Lipinski definition) is 1. The van der Waals surface area contributed by atoms with Gasteiger partial charge in [-0.05, 0) is 67.5 Å². The van der Waals surface area contributed by atoms with Gasteiger partial charge in [-0.25, -0.2) is 0 Å². The lowest BCUT2D eigenvalue weighted by Crippen LogP contribution is -2.25. The average molecular weight is 387 g/mol. The fraction of sp³-hybridized carbons (Fsp3) is 0.409. The number of carbonyl (C=O) groups is 1. The van der Waals surface area contributed by atoms with Crippen LogP contribution in [0.5, 0.6) is 11.5 Å². The van der Waals surface area contributed by atoms with Crippen LogP contribution in [0.1, 0.15) is 49.3 Å². The highest BCUT2D eigenvalue weighted by Gasteiger charge is 2.39. The van der Waals surface area contributed by atoms with Crippen molar-refractivity contribution in [1.82, 2.24) is 0 Å². The molecule has 142 valence electrons. The molecule has 1 fully saturated rings. The zero-order chi connectivity index (χ0) is 19.2. The molecule has 0 radical (unpaired) electrons. The van der Waals surface area contributed by atoms with Crippen LogP contribution >= 0.6 is 11.6 Å². The summed E-state index contributed by atoms with van der Waals surface area (Å²) in [5, 5.41) is 9.59. The molecule has 4 nitrogen and oxygen atoms in total. The van der Waals surface area contributed by atoms with Gasteiger partial charge in [0.15, 0.2) is 0 Å². The summed E-state index contributed by atoms with van der Waals surface area (Å²) in [7, 11) is 0. The number of fused-ring (bicyclic) bond motifs is 1. The van der Waals surface area contributed by atoms with Crippen molar-refractivity contribution < 1.29 is 19.4 Å². The molecule has 1 saturated carbocycles. The Kier molecular flexibility index (Phi) is 4.55. The van der Waals surface area contributed by atoms with E-state index in [4.69, 9.17) is 26.2 Å². The molecule has 4 rings (SSSR count). The zero-order valence-electron chi connectivity index (χ0n) is 15.5. The summed E-state index contributed by atoms with van der Waals surface area (Å²) in [6, 6.07) is 11.8. The van der Waals surface area contributed by atoms with E-state index in [2.05, 4.69) is 13.8 Å². The Balaban J connectivity index is 1.41. The Hall–Kier alpha value is -2.20. The van der Waals surface area contributed by atoms with E-state index in [9.17, 15) is 4.79 Å². The summed E-state index contributed by atoms with van der Waals surface area (Å²) in [6.07, 6.45) is 2.04. The third-order valence-corrected chi connectivity index (χ3v) is 5.48. The summed E-state index contributed by atoms with van der Waals surface area (Å²) in [6.45, 7) is 4.53. The van der Waals surface area contributed by atoms with Gasteiger partial charge in [0.2, 0.25) is 0 Å². The summed E-state index contributed by atoms with van der Waals surface area (Å²) < 4.78 is 12.0. The topological polar surface area (TPSA) is 55.8 Å². The van der Waals surface area contributed by atoms with E-state index >= 15 is 0 Å². The Morgan fingerprint density at radius 2 is 2.04 bits per heavy atom. The van der Waals surface area contributed by atoms with Crippen molar-refractivity contribution in [3.8, 4) is 11.5 Å². The van der Waals surface area contributed by atoms with Crippen molar-refractivity contribution in [3.63, 3.8) is 0 Å². The highest BCUT2D eigenvalue weighted by atomic mass is 35.5. The second kappa shape index (κ2) is 6.75. The quantitative estimate of drug-likeness (QED) is 0.740. The minimum Gasteiger partial charge on any atom is -0.489 e. The third kappa shape index (κ3) is 4.06. The number of ether oxygens (including phenoxy) is 2. The highest BCUT2D eigenvalue weighted by Crippen LogP contribution is 2.49. The van der Waals surface area contributed by atoms with Gasteiger partial charge in [0, 0.05) is 23.4 Å². The van der Waals surface area contributed by atoms with Crippen LogP contribution in [0.3, 0.4) is 0 Å². The van der Waals surface area contributed by atoms with Gasteiger partial charge < -0.3 is 14.6 Å². The van der Waals surface area contributed by atoms with Gasteiger partial charge in [-0.2, -0.15) is 0 Å². The van der Waals surface area contributed by atoms with Crippen LogP contribution in [0.4, 0.5) is 0 Å². The van der Waals surface area contributed by atoms with Crippen LogP contribution in [0.15, 0.2) is 36.4 Å². The van der Waals surface area contributed by atoms with Gasteiger partial charge in [0.1, 0.15) is 23.7 Å². The van der Waals surface area contributed by atoms with Gasteiger partial charge in [0.25, 0.3) is 0 Å². The van der Waals surface area contributed by atoms with E-state index in [1.54, 1.807) is 0 Å². The molecular formula is C22H23ClO4. The average Bonchev–Trinajstić information content (AvgIpc) is 3.26. The van der Waals surface area contributed by atoms with Gasteiger partial charge in [-0.1, -0.05) is 23.7 Å². The first-order chi connectivity index (χ1) is 12.8. The molecule has 0 saturated heterocycles. The van der Waals surface area contributed by atoms with Gasteiger partial charge >= 0.3 is 5.97 Å². The number of rotatable bonds is 6. The van der Waals surface area contributed by atoms with Crippen LogP contribution in [0.25, 0.3) is 0 Å². The molecule has 2 atom stereocenters. The minimum absolute atomic E-state index is 0.222. The van der Waals surface area contributed by atoms with E-state index < -0.39 is 5.97 Å². The standard InChI is InChI=1S/C22H23ClO4/c1-22(2)11-15-7-17(23)8-16(21(15)27-22)12-26-18-5-3-13(4-6-18)19-9-14(19)10-20(24)25/h3-8,14,19H,9-12H2,1-2H3,(H,24,25). The number of aliphatic carboxylic acids is 1. The summed E-state index contributed by atoms with van der Waals surface area (Å²) >= 11 is 6.26. The summed E-state index contributed by atoms with van der Waals surface area (Å²) in [5.74, 6) is 1.57.